The average molecular weight is 493 g/mol. The normalized spacial score (nSPS) is 16.4. The maximum Gasteiger partial charge on any atom is 0.237 e. The molecule has 0 aliphatic carbocycles. The lowest BCUT2D eigenvalue weighted by Crippen LogP contribution is -2.49. The number of carbonyl (C=O) groups excluding carboxylic acids is 1. The fourth-order valence-electron chi connectivity index (χ4n) is 4.70. The largest absolute Gasteiger partial charge is 0.491 e. The third kappa shape index (κ3) is 6.72. The number of ether oxygens (including phenoxy) is 1. The van der Waals surface area contributed by atoms with Crippen LogP contribution < -0.4 is 4.74 Å². The highest BCUT2D eigenvalue weighted by molar-refractivity contribution is 7.10. The molecule has 0 spiro atoms. The van der Waals surface area contributed by atoms with Gasteiger partial charge in [0.2, 0.25) is 5.91 Å². The number of nitrogens with zero attached hydrogens (tertiary/aromatic N) is 2. The summed E-state index contributed by atoms with van der Waals surface area (Å²) in [4.78, 5) is 19.0. The first kappa shape index (κ1) is 25.4. The van der Waals surface area contributed by atoms with E-state index in [4.69, 9.17) is 4.74 Å². The third-order valence-corrected chi connectivity index (χ3v) is 7.64. The van der Waals surface area contributed by atoms with Crippen molar-refractivity contribution in [1.82, 2.24) is 9.80 Å². The summed E-state index contributed by atoms with van der Waals surface area (Å²) in [7, 11) is 0. The SMILES string of the molecule is Cc1cccc(OC[C@@H]2c3ccsc3CCN2C(=O)CN(C[C@@H](O)Cc2ccccc2)C(C)C)c1. The number of thiophene rings is 1. The van der Waals surface area contributed by atoms with Gasteiger partial charge in [-0.05, 0) is 73.9 Å². The van der Waals surface area contributed by atoms with Crippen LogP contribution in [0.1, 0.15) is 41.5 Å². The highest BCUT2D eigenvalue weighted by Crippen LogP contribution is 2.34. The number of aliphatic hydroxyl groups excluding tert-OH is 1. The second-order valence-electron chi connectivity index (χ2n) is 9.65. The minimum atomic E-state index is -0.530. The quantitative estimate of drug-likeness (QED) is 0.439. The van der Waals surface area contributed by atoms with Gasteiger partial charge in [0, 0.05) is 24.0 Å². The first-order valence-corrected chi connectivity index (χ1v) is 13.3. The van der Waals surface area contributed by atoms with E-state index in [0.29, 0.717) is 26.1 Å². The molecular formula is C29H36N2O3S. The summed E-state index contributed by atoms with van der Waals surface area (Å²) in [5.74, 6) is 0.910. The molecule has 0 radical (unpaired) electrons. The lowest BCUT2D eigenvalue weighted by atomic mass is 10.00. The van der Waals surface area contributed by atoms with Crippen LogP contribution in [0.2, 0.25) is 0 Å². The van der Waals surface area contributed by atoms with E-state index in [-0.39, 0.29) is 24.5 Å². The Bertz CT molecular complexity index is 1100. The molecule has 35 heavy (non-hydrogen) atoms. The van der Waals surface area contributed by atoms with E-state index in [0.717, 1.165) is 23.3 Å². The molecular weight excluding hydrogens is 456 g/mol. The Morgan fingerprint density at radius 1 is 1.17 bits per heavy atom. The fourth-order valence-corrected chi connectivity index (χ4v) is 5.63. The number of rotatable bonds is 10. The molecule has 0 saturated carbocycles. The van der Waals surface area contributed by atoms with Gasteiger partial charge in [-0.3, -0.25) is 9.69 Å². The van der Waals surface area contributed by atoms with Crippen molar-refractivity contribution in [2.75, 3.05) is 26.2 Å². The molecule has 3 aromatic rings. The van der Waals surface area contributed by atoms with Gasteiger partial charge in [0.25, 0.3) is 0 Å². The molecule has 2 atom stereocenters. The van der Waals surface area contributed by atoms with Crippen LogP contribution in [0.4, 0.5) is 0 Å². The topological polar surface area (TPSA) is 53.0 Å². The predicted molar refractivity (Wildman–Crippen MR) is 142 cm³/mol. The van der Waals surface area contributed by atoms with Gasteiger partial charge in [-0.2, -0.15) is 0 Å². The zero-order valence-electron chi connectivity index (χ0n) is 20.9. The minimum Gasteiger partial charge on any atom is -0.491 e. The standard InChI is InChI=1S/C29H36N2O3S/c1-21(2)30(18-24(32)17-23-9-5-4-6-10-23)19-29(33)31-14-12-28-26(13-15-35-28)27(31)20-34-25-11-7-8-22(3)16-25/h4-11,13,15-16,21,24,27,32H,12,14,17-20H2,1-3H3/t24-,27+/m0/s1. The smallest absolute Gasteiger partial charge is 0.237 e. The van der Waals surface area contributed by atoms with E-state index in [1.165, 1.54) is 10.4 Å². The van der Waals surface area contributed by atoms with Crippen LogP contribution in [0.15, 0.2) is 66.0 Å². The Balaban J connectivity index is 1.44. The number of benzene rings is 2. The molecule has 1 N–H and O–H groups in total. The average Bonchev–Trinajstić information content (AvgIpc) is 3.32. The molecule has 0 fully saturated rings. The summed E-state index contributed by atoms with van der Waals surface area (Å²) in [6.07, 6.45) is 0.920. The number of aliphatic hydroxyl groups is 1. The number of hydrogen-bond acceptors (Lipinski definition) is 5. The molecule has 5 nitrogen and oxygen atoms in total. The van der Waals surface area contributed by atoms with Crippen LogP contribution in [0.5, 0.6) is 5.75 Å². The third-order valence-electron chi connectivity index (χ3n) is 6.64. The van der Waals surface area contributed by atoms with Crippen LogP contribution in [-0.2, 0) is 17.6 Å². The Hall–Kier alpha value is -2.67. The summed E-state index contributed by atoms with van der Waals surface area (Å²) < 4.78 is 6.17. The fraction of sp³-hybridized carbons (Fsp3) is 0.414. The van der Waals surface area contributed by atoms with Crippen LogP contribution in [-0.4, -0.2) is 59.2 Å². The first-order valence-electron chi connectivity index (χ1n) is 12.4. The molecule has 186 valence electrons. The highest BCUT2D eigenvalue weighted by atomic mass is 32.1. The van der Waals surface area contributed by atoms with E-state index < -0.39 is 6.10 Å². The molecule has 1 aromatic heterocycles. The second kappa shape index (κ2) is 11.8. The van der Waals surface area contributed by atoms with E-state index in [1.807, 2.05) is 66.4 Å². The van der Waals surface area contributed by atoms with E-state index in [9.17, 15) is 9.90 Å². The molecule has 0 bridgehead atoms. The minimum absolute atomic E-state index is 0.0836. The van der Waals surface area contributed by atoms with E-state index in [2.05, 4.69) is 30.2 Å². The van der Waals surface area contributed by atoms with Gasteiger partial charge >= 0.3 is 0 Å². The van der Waals surface area contributed by atoms with E-state index >= 15 is 0 Å². The van der Waals surface area contributed by atoms with Crippen LogP contribution in [0.25, 0.3) is 0 Å². The van der Waals surface area contributed by atoms with Gasteiger partial charge in [0.1, 0.15) is 12.4 Å². The summed E-state index contributed by atoms with van der Waals surface area (Å²) >= 11 is 1.76. The molecule has 2 heterocycles. The molecule has 1 amide bonds. The summed E-state index contributed by atoms with van der Waals surface area (Å²) in [5.41, 5.74) is 3.45. The van der Waals surface area contributed by atoms with Crippen molar-refractivity contribution in [3.63, 3.8) is 0 Å². The van der Waals surface area contributed by atoms with Gasteiger partial charge in [-0.25, -0.2) is 0 Å². The lowest BCUT2D eigenvalue weighted by Gasteiger charge is -2.38. The van der Waals surface area contributed by atoms with Crippen LogP contribution in [0, 0.1) is 6.92 Å². The molecule has 0 unspecified atom stereocenters. The van der Waals surface area contributed by atoms with Gasteiger partial charge in [-0.1, -0.05) is 42.5 Å². The van der Waals surface area contributed by atoms with Crippen LogP contribution >= 0.6 is 11.3 Å². The molecule has 1 aliphatic heterocycles. The maximum atomic E-state index is 13.6. The highest BCUT2D eigenvalue weighted by Gasteiger charge is 2.33. The lowest BCUT2D eigenvalue weighted by molar-refractivity contribution is -0.137. The number of hydrogen-bond donors (Lipinski definition) is 1. The zero-order valence-corrected chi connectivity index (χ0v) is 21.7. The monoisotopic (exact) mass is 492 g/mol. The summed E-state index contributed by atoms with van der Waals surface area (Å²) in [6, 6.07) is 20.2. The van der Waals surface area contributed by atoms with Crippen molar-refractivity contribution < 1.29 is 14.6 Å². The van der Waals surface area contributed by atoms with Crippen LogP contribution in [0.3, 0.4) is 0 Å². The Kier molecular flexibility index (Phi) is 8.60. The molecule has 2 aromatic carbocycles. The Morgan fingerprint density at radius 2 is 1.97 bits per heavy atom. The second-order valence-corrected chi connectivity index (χ2v) is 10.6. The Labute approximate surface area is 213 Å². The predicted octanol–water partition coefficient (Wildman–Crippen LogP) is 4.88. The number of aryl methyl sites for hydroxylation is 1. The molecule has 0 saturated heterocycles. The van der Waals surface area contributed by atoms with Crippen molar-refractivity contribution in [2.45, 2.75) is 51.8 Å². The van der Waals surface area contributed by atoms with Gasteiger partial charge in [-0.15, -0.1) is 11.3 Å². The first-order chi connectivity index (χ1) is 16.9. The van der Waals surface area contributed by atoms with Crippen molar-refractivity contribution in [1.29, 1.82) is 0 Å². The van der Waals surface area contributed by atoms with Crippen molar-refractivity contribution >= 4 is 17.2 Å². The summed E-state index contributed by atoms with van der Waals surface area (Å²) in [6.45, 7) is 8.06. The number of carbonyl (C=O) groups is 1. The van der Waals surface area contributed by atoms with Crippen molar-refractivity contribution in [2.24, 2.45) is 0 Å². The molecule has 6 heteroatoms. The van der Waals surface area contributed by atoms with Gasteiger partial charge < -0.3 is 14.7 Å². The van der Waals surface area contributed by atoms with Crippen molar-refractivity contribution in [3.05, 3.63) is 87.6 Å². The summed E-state index contributed by atoms with van der Waals surface area (Å²) in [5, 5.41) is 12.9. The maximum absolute atomic E-state index is 13.6. The van der Waals surface area contributed by atoms with Crippen molar-refractivity contribution in [3.8, 4) is 5.75 Å². The van der Waals surface area contributed by atoms with Gasteiger partial charge in [0.05, 0.1) is 18.7 Å². The molecule has 4 rings (SSSR count). The Morgan fingerprint density at radius 3 is 2.71 bits per heavy atom. The van der Waals surface area contributed by atoms with E-state index in [1.54, 1.807) is 11.3 Å². The zero-order chi connectivity index (χ0) is 24.8. The number of amides is 1. The van der Waals surface area contributed by atoms with Gasteiger partial charge in [0.15, 0.2) is 0 Å². The number of fused-ring (bicyclic) bond motifs is 1. The molecule has 1 aliphatic rings.